The van der Waals surface area contributed by atoms with E-state index in [-0.39, 0.29) is 25.3 Å². The van der Waals surface area contributed by atoms with Crippen LogP contribution in [0.3, 0.4) is 0 Å². The lowest BCUT2D eigenvalue weighted by Gasteiger charge is -2.28. The fourth-order valence-electron chi connectivity index (χ4n) is 3.83. The molecule has 2 fully saturated rings. The molecule has 2 atom stereocenters. The molecular formula is C18H31N3O5Si. The zero-order valence-electron chi connectivity index (χ0n) is 16.6. The van der Waals surface area contributed by atoms with Gasteiger partial charge in [0.05, 0.1) is 46.6 Å². The molecular weight excluding hydrogens is 366 g/mol. The first-order valence-corrected chi connectivity index (χ1v) is 12.9. The highest BCUT2D eigenvalue weighted by atomic mass is 28.3. The van der Waals surface area contributed by atoms with Crippen LogP contribution in [0, 0.1) is 0 Å². The monoisotopic (exact) mass is 397 g/mol. The quantitative estimate of drug-likeness (QED) is 0.408. The van der Waals surface area contributed by atoms with Gasteiger partial charge in [0, 0.05) is 6.54 Å². The summed E-state index contributed by atoms with van der Waals surface area (Å²) in [5.41, 5.74) is -1.57. The van der Waals surface area contributed by atoms with Gasteiger partial charge in [0.25, 0.3) is 0 Å². The maximum Gasteiger partial charge on any atom is 0.336 e. The van der Waals surface area contributed by atoms with Gasteiger partial charge in [-0.15, -0.1) is 0 Å². The zero-order valence-corrected chi connectivity index (χ0v) is 17.6. The molecule has 152 valence electrons. The van der Waals surface area contributed by atoms with Crippen LogP contribution in [-0.2, 0) is 29.1 Å². The van der Waals surface area contributed by atoms with Crippen molar-refractivity contribution in [3.63, 3.8) is 0 Å². The third-order valence-electron chi connectivity index (χ3n) is 6.30. The van der Waals surface area contributed by atoms with Crippen LogP contribution in [0.25, 0.3) is 0 Å². The van der Waals surface area contributed by atoms with Gasteiger partial charge in [0.1, 0.15) is 0 Å². The minimum atomic E-state index is -1.31. The van der Waals surface area contributed by atoms with Crippen molar-refractivity contribution >= 4 is 8.07 Å². The number of aromatic nitrogens is 3. The van der Waals surface area contributed by atoms with E-state index in [0.29, 0.717) is 19.8 Å². The van der Waals surface area contributed by atoms with E-state index in [2.05, 4.69) is 20.8 Å². The molecule has 0 spiro atoms. The Morgan fingerprint density at radius 2 is 1.22 bits per heavy atom. The van der Waals surface area contributed by atoms with Crippen molar-refractivity contribution < 1.29 is 9.47 Å². The van der Waals surface area contributed by atoms with E-state index in [1.807, 2.05) is 0 Å². The molecule has 0 amide bonds. The van der Waals surface area contributed by atoms with Gasteiger partial charge in [-0.05, 0) is 6.42 Å². The molecule has 0 radical (unpaired) electrons. The molecule has 1 aromatic rings. The Kier molecular flexibility index (Phi) is 6.22. The lowest BCUT2D eigenvalue weighted by atomic mass is 10.4. The number of hydrogen-bond acceptors (Lipinski definition) is 5. The van der Waals surface area contributed by atoms with Crippen molar-refractivity contribution in [1.29, 1.82) is 0 Å². The molecule has 2 aliphatic heterocycles. The van der Waals surface area contributed by atoms with Gasteiger partial charge in [-0.2, -0.15) is 0 Å². The molecule has 2 unspecified atom stereocenters. The molecule has 0 aliphatic carbocycles. The highest BCUT2D eigenvalue weighted by Crippen LogP contribution is 2.26. The summed E-state index contributed by atoms with van der Waals surface area (Å²) in [6.07, 6.45) is 0.592. The van der Waals surface area contributed by atoms with Crippen molar-refractivity contribution in [2.24, 2.45) is 0 Å². The second-order valence-electron chi connectivity index (χ2n) is 7.80. The summed E-state index contributed by atoms with van der Waals surface area (Å²) in [6, 6.07) is 4.75. The molecule has 2 aliphatic rings. The predicted octanol–water partition coefficient (Wildman–Crippen LogP) is 0.868. The number of ether oxygens (including phenoxy) is 2. The minimum Gasteiger partial charge on any atom is -0.371 e. The Hall–Kier alpha value is -1.45. The molecule has 8 nitrogen and oxygen atoms in total. The fraction of sp³-hybridized carbons (Fsp3) is 0.833. The molecule has 0 bridgehead atoms. The van der Waals surface area contributed by atoms with Crippen molar-refractivity contribution in [2.75, 3.05) is 13.2 Å². The van der Waals surface area contributed by atoms with Crippen molar-refractivity contribution in [1.82, 2.24) is 13.7 Å². The molecule has 0 aromatic carbocycles. The lowest BCUT2D eigenvalue weighted by Crippen LogP contribution is -2.55. The van der Waals surface area contributed by atoms with Crippen LogP contribution in [0.2, 0.25) is 24.2 Å². The van der Waals surface area contributed by atoms with Crippen LogP contribution in [0.15, 0.2) is 14.4 Å². The van der Waals surface area contributed by atoms with E-state index in [1.165, 1.54) is 22.7 Å². The van der Waals surface area contributed by atoms with Gasteiger partial charge in [-0.3, -0.25) is 0 Å². The van der Waals surface area contributed by atoms with Gasteiger partial charge < -0.3 is 9.47 Å². The Morgan fingerprint density at radius 3 is 1.59 bits per heavy atom. The van der Waals surface area contributed by atoms with Gasteiger partial charge in [-0.25, -0.2) is 28.1 Å². The highest BCUT2D eigenvalue weighted by Gasteiger charge is 2.30. The third-order valence-corrected chi connectivity index (χ3v) is 12.2. The Bertz CT molecular complexity index is 770. The largest absolute Gasteiger partial charge is 0.371 e. The third kappa shape index (κ3) is 4.52. The maximum atomic E-state index is 12.8. The van der Waals surface area contributed by atoms with E-state index in [1.54, 1.807) is 0 Å². The molecule has 3 rings (SSSR count). The van der Waals surface area contributed by atoms with E-state index in [0.717, 1.165) is 21.6 Å². The Balaban J connectivity index is 1.87. The summed E-state index contributed by atoms with van der Waals surface area (Å²) in [7, 11) is -1.31. The zero-order chi connectivity index (χ0) is 19.6. The van der Waals surface area contributed by atoms with Crippen molar-refractivity contribution in [3.05, 3.63) is 31.5 Å². The highest BCUT2D eigenvalue weighted by molar-refractivity contribution is 6.79. The fourth-order valence-corrected chi connectivity index (χ4v) is 7.30. The summed E-state index contributed by atoms with van der Waals surface area (Å²) in [4.78, 5) is 38.3. The van der Waals surface area contributed by atoms with Gasteiger partial charge in [-0.1, -0.05) is 44.9 Å². The van der Waals surface area contributed by atoms with Crippen LogP contribution >= 0.6 is 0 Å². The molecule has 27 heavy (non-hydrogen) atoms. The summed E-state index contributed by atoms with van der Waals surface area (Å²) >= 11 is 0. The Morgan fingerprint density at radius 1 is 0.815 bits per heavy atom. The number of hydrogen-bond donors (Lipinski definition) is 0. The first-order valence-electron chi connectivity index (χ1n) is 10.1. The second kappa shape index (κ2) is 8.28. The van der Waals surface area contributed by atoms with Crippen LogP contribution in [0.1, 0.15) is 27.2 Å². The first kappa shape index (κ1) is 20.3. The molecule has 0 saturated carbocycles. The number of rotatable bonds is 11. The van der Waals surface area contributed by atoms with E-state index in [4.69, 9.17) is 9.47 Å². The lowest BCUT2D eigenvalue weighted by molar-refractivity contribution is 0.340. The summed E-state index contributed by atoms with van der Waals surface area (Å²) in [5.74, 6) is 0. The summed E-state index contributed by atoms with van der Waals surface area (Å²) in [5, 5.41) is 0. The van der Waals surface area contributed by atoms with Crippen LogP contribution < -0.4 is 17.1 Å². The van der Waals surface area contributed by atoms with Gasteiger partial charge >= 0.3 is 17.1 Å². The Labute approximate surface area is 159 Å². The van der Waals surface area contributed by atoms with Crippen molar-refractivity contribution in [3.8, 4) is 0 Å². The van der Waals surface area contributed by atoms with E-state index in [9.17, 15) is 14.4 Å². The average Bonchev–Trinajstić information content (AvgIpc) is 3.58. The maximum absolute atomic E-state index is 12.8. The summed E-state index contributed by atoms with van der Waals surface area (Å²) in [6.45, 7) is 8.64. The van der Waals surface area contributed by atoms with Gasteiger partial charge in [0.15, 0.2) is 0 Å². The smallest absolute Gasteiger partial charge is 0.336 e. The predicted molar refractivity (Wildman–Crippen MR) is 105 cm³/mol. The average molecular weight is 398 g/mol. The molecule has 9 heteroatoms. The molecule has 1 aromatic heterocycles. The number of nitrogens with zero attached hydrogens (tertiary/aromatic N) is 3. The minimum absolute atomic E-state index is 0.104. The molecule has 2 saturated heterocycles. The van der Waals surface area contributed by atoms with E-state index < -0.39 is 25.1 Å². The topological polar surface area (TPSA) is 91.1 Å². The van der Waals surface area contributed by atoms with Gasteiger partial charge in [0.2, 0.25) is 0 Å². The normalized spacial score (nSPS) is 21.4. The standard InChI is InChI=1S/C18H31N3O5Si/c1-4-27(5-2,6-3)9-7-8-19-16(22)20(10-14-12-25-14)18(24)21(17(19)23)11-15-13-26-15/h14-15H,4-13H2,1-3H3. The molecule has 3 heterocycles. The first-order chi connectivity index (χ1) is 12.9. The van der Waals surface area contributed by atoms with Crippen LogP contribution in [0.4, 0.5) is 0 Å². The second-order valence-corrected chi connectivity index (χ2v) is 13.4. The summed E-state index contributed by atoms with van der Waals surface area (Å²) < 4.78 is 13.9. The molecule has 0 N–H and O–H groups in total. The van der Waals surface area contributed by atoms with Crippen molar-refractivity contribution in [2.45, 2.75) is 83.2 Å². The van der Waals surface area contributed by atoms with Crippen LogP contribution in [-0.4, -0.2) is 47.2 Å². The SMILES string of the molecule is CC[Si](CC)(CC)CCCn1c(=O)n(CC2CO2)c(=O)n(CC2CO2)c1=O. The van der Waals surface area contributed by atoms with Crippen LogP contribution in [0.5, 0.6) is 0 Å². The van der Waals surface area contributed by atoms with E-state index >= 15 is 0 Å². The number of epoxide rings is 2.